The monoisotopic (exact) mass is 300 g/mol. The molecule has 0 unspecified atom stereocenters. The molecule has 1 atom stereocenters. The first-order valence-corrected chi connectivity index (χ1v) is 6.68. The summed E-state index contributed by atoms with van der Waals surface area (Å²) < 4.78 is 44.8. The van der Waals surface area contributed by atoms with Gasteiger partial charge in [0.25, 0.3) is 5.91 Å². The van der Waals surface area contributed by atoms with Crippen molar-refractivity contribution >= 4 is 5.91 Å². The quantitative estimate of drug-likeness (QED) is 0.908. The molecule has 1 fully saturated rings. The van der Waals surface area contributed by atoms with E-state index in [9.17, 15) is 18.0 Å². The van der Waals surface area contributed by atoms with Crippen molar-refractivity contribution in [3.8, 4) is 0 Å². The van der Waals surface area contributed by atoms with E-state index in [0.717, 1.165) is 6.07 Å². The number of carbonyl (C=O) groups excluding carboxylic acids is 1. The van der Waals surface area contributed by atoms with Crippen molar-refractivity contribution in [2.45, 2.75) is 18.8 Å². The molecule has 1 aromatic carbocycles. The standard InChI is InChI=1S/C14H15F3N2O2/c1-21-7-8-4-9-11-6-18-2-3-19(11)13(20)12(9)10(5-8)14(15,16)17/h4-5,11,18H,2-3,6-7H2,1H3/t11-/m0/s1. The van der Waals surface area contributed by atoms with Gasteiger partial charge in [0, 0.05) is 26.7 Å². The topological polar surface area (TPSA) is 41.6 Å². The molecular weight excluding hydrogens is 285 g/mol. The van der Waals surface area contributed by atoms with Gasteiger partial charge in [0.15, 0.2) is 0 Å². The number of hydrogen-bond donors (Lipinski definition) is 1. The van der Waals surface area contributed by atoms with Crippen LogP contribution in [0.25, 0.3) is 0 Å². The van der Waals surface area contributed by atoms with E-state index < -0.39 is 17.6 Å². The Morgan fingerprint density at radius 2 is 2.19 bits per heavy atom. The molecule has 0 spiro atoms. The zero-order valence-electron chi connectivity index (χ0n) is 11.5. The fraction of sp³-hybridized carbons (Fsp3) is 0.500. The summed E-state index contributed by atoms with van der Waals surface area (Å²) >= 11 is 0. The minimum atomic E-state index is -4.55. The smallest absolute Gasteiger partial charge is 0.380 e. The van der Waals surface area contributed by atoms with Gasteiger partial charge >= 0.3 is 6.18 Å². The number of alkyl halides is 3. The highest BCUT2D eigenvalue weighted by Crippen LogP contribution is 2.42. The normalized spacial score (nSPS) is 21.4. The van der Waals surface area contributed by atoms with Gasteiger partial charge in [-0.2, -0.15) is 13.2 Å². The number of ether oxygens (including phenoxy) is 1. The van der Waals surface area contributed by atoms with Gasteiger partial charge in [-0.15, -0.1) is 0 Å². The summed E-state index contributed by atoms with van der Waals surface area (Å²) in [5, 5.41) is 3.12. The van der Waals surface area contributed by atoms with Crippen molar-refractivity contribution < 1.29 is 22.7 Å². The van der Waals surface area contributed by atoms with E-state index in [1.54, 1.807) is 6.07 Å². The average molecular weight is 300 g/mol. The van der Waals surface area contributed by atoms with Crippen LogP contribution in [-0.4, -0.2) is 37.6 Å². The Labute approximate surface area is 119 Å². The lowest BCUT2D eigenvalue weighted by Crippen LogP contribution is -2.44. The Morgan fingerprint density at radius 3 is 2.86 bits per heavy atom. The molecule has 2 aliphatic heterocycles. The van der Waals surface area contributed by atoms with Crippen molar-refractivity contribution in [2.75, 3.05) is 26.7 Å². The number of methoxy groups -OCH3 is 1. The first kappa shape index (κ1) is 14.3. The second kappa shape index (κ2) is 4.99. The second-order valence-electron chi connectivity index (χ2n) is 5.26. The van der Waals surface area contributed by atoms with Crippen LogP contribution in [-0.2, 0) is 17.5 Å². The number of fused-ring (bicyclic) bond motifs is 3. The summed E-state index contributed by atoms with van der Waals surface area (Å²) in [6.45, 7) is 1.59. The first-order valence-electron chi connectivity index (χ1n) is 6.68. The van der Waals surface area contributed by atoms with Crippen LogP contribution in [0, 0.1) is 0 Å². The van der Waals surface area contributed by atoms with Crippen LogP contribution in [0.5, 0.6) is 0 Å². The summed E-state index contributed by atoms with van der Waals surface area (Å²) in [5.74, 6) is -0.521. The first-order chi connectivity index (χ1) is 9.93. The predicted molar refractivity (Wildman–Crippen MR) is 68.8 cm³/mol. The number of nitrogens with one attached hydrogen (secondary N) is 1. The minimum Gasteiger partial charge on any atom is -0.380 e. The molecule has 0 aromatic heterocycles. The zero-order chi connectivity index (χ0) is 15.2. The molecule has 7 heteroatoms. The van der Waals surface area contributed by atoms with E-state index in [4.69, 9.17) is 4.74 Å². The van der Waals surface area contributed by atoms with E-state index >= 15 is 0 Å². The molecule has 4 nitrogen and oxygen atoms in total. The Morgan fingerprint density at radius 1 is 1.43 bits per heavy atom. The number of halogens is 3. The largest absolute Gasteiger partial charge is 0.417 e. The second-order valence-corrected chi connectivity index (χ2v) is 5.26. The Kier molecular flexibility index (Phi) is 3.41. The molecule has 0 saturated carbocycles. The molecule has 1 amide bonds. The lowest BCUT2D eigenvalue weighted by atomic mass is 9.95. The van der Waals surface area contributed by atoms with E-state index in [2.05, 4.69) is 5.32 Å². The number of benzene rings is 1. The number of amides is 1. The van der Waals surface area contributed by atoms with E-state index in [-0.39, 0.29) is 18.2 Å². The van der Waals surface area contributed by atoms with Gasteiger partial charge in [0.05, 0.1) is 23.8 Å². The Balaban J connectivity index is 2.17. The Bertz CT molecular complexity index is 586. The molecule has 114 valence electrons. The van der Waals surface area contributed by atoms with Gasteiger partial charge in [-0.05, 0) is 17.2 Å². The fourth-order valence-electron chi connectivity index (χ4n) is 3.07. The molecule has 1 aromatic rings. The molecule has 1 saturated heterocycles. The fourth-order valence-corrected chi connectivity index (χ4v) is 3.07. The maximum atomic E-state index is 13.3. The highest BCUT2D eigenvalue weighted by atomic mass is 19.4. The number of carbonyl (C=O) groups is 1. The maximum absolute atomic E-state index is 13.3. The van der Waals surface area contributed by atoms with Crippen LogP contribution in [0.1, 0.15) is 33.1 Å². The van der Waals surface area contributed by atoms with Gasteiger partial charge in [-0.25, -0.2) is 0 Å². The molecule has 2 aliphatic rings. The Hall–Kier alpha value is -1.60. The molecule has 2 heterocycles. The van der Waals surface area contributed by atoms with Crippen molar-refractivity contribution in [2.24, 2.45) is 0 Å². The van der Waals surface area contributed by atoms with Gasteiger partial charge in [0.1, 0.15) is 0 Å². The SMILES string of the molecule is COCc1cc2c(c(C(F)(F)F)c1)C(=O)N1CCNC[C@@H]21. The maximum Gasteiger partial charge on any atom is 0.417 e. The van der Waals surface area contributed by atoms with E-state index in [1.807, 2.05) is 0 Å². The van der Waals surface area contributed by atoms with Crippen LogP contribution in [0.4, 0.5) is 13.2 Å². The zero-order valence-corrected chi connectivity index (χ0v) is 11.5. The summed E-state index contributed by atoms with van der Waals surface area (Å²) in [5.41, 5.74) is -0.166. The lowest BCUT2D eigenvalue weighted by molar-refractivity contribution is -0.138. The predicted octanol–water partition coefficient (Wildman–Crippen LogP) is 1.95. The third-order valence-corrected chi connectivity index (χ3v) is 3.92. The number of piperazine rings is 1. The molecular formula is C14H15F3N2O2. The van der Waals surface area contributed by atoms with Crippen LogP contribution < -0.4 is 5.32 Å². The summed E-state index contributed by atoms with van der Waals surface area (Å²) in [6.07, 6.45) is -4.55. The highest BCUT2D eigenvalue weighted by Gasteiger charge is 2.45. The van der Waals surface area contributed by atoms with Crippen LogP contribution >= 0.6 is 0 Å². The third-order valence-electron chi connectivity index (χ3n) is 3.92. The van der Waals surface area contributed by atoms with E-state index in [0.29, 0.717) is 30.8 Å². The molecule has 0 aliphatic carbocycles. The van der Waals surface area contributed by atoms with Gasteiger partial charge in [0.2, 0.25) is 0 Å². The summed E-state index contributed by atoms with van der Waals surface area (Å²) in [4.78, 5) is 13.9. The molecule has 0 radical (unpaired) electrons. The van der Waals surface area contributed by atoms with Crippen LogP contribution in [0.3, 0.4) is 0 Å². The van der Waals surface area contributed by atoms with Crippen molar-refractivity contribution in [3.63, 3.8) is 0 Å². The third kappa shape index (κ3) is 2.30. The van der Waals surface area contributed by atoms with Crippen LogP contribution in [0.2, 0.25) is 0 Å². The number of rotatable bonds is 2. The van der Waals surface area contributed by atoms with Crippen LogP contribution in [0.15, 0.2) is 12.1 Å². The number of nitrogens with zero attached hydrogens (tertiary/aromatic N) is 1. The molecule has 21 heavy (non-hydrogen) atoms. The molecule has 0 bridgehead atoms. The van der Waals surface area contributed by atoms with Gasteiger partial charge < -0.3 is 15.0 Å². The number of hydrogen-bond acceptors (Lipinski definition) is 3. The van der Waals surface area contributed by atoms with Crippen molar-refractivity contribution in [1.82, 2.24) is 10.2 Å². The van der Waals surface area contributed by atoms with Crippen molar-refractivity contribution in [1.29, 1.82) is 0 Å². The van der Waals surface area contributed by atoms with E-state index in [1.165, 1.54) is 12.0 Å². The summed E-state index contributed by atoms with van der Waals surface area (Å²) in [6, 6.07) is 2.36. The van der Waals surface area contributed by atoms with Crippen molar-refractivity contribution in [3.05, 3.63) is 34.4 Å². The lowest BCUT2D eigenvalue weighted by Gasteiger charge is -2.30. The summed E-state index contributed by atoms with van der Waals surface area (Å²) in [7, 11) is 1.43. The molecule has 1 N–H and O–H groups in total. The highest BCUT2D eigenvalue weighted by molar-refractivity contribution is 6.01. The minimum absolute atomic E-state index is 0.0880. The van der Waals surface area contributed by atoms with Gasteiger partial charge in [-0.1, -0.05) is 6.07 Å². The molecule has 3 rings (SSSR count). The van der Waals surface area contributed by atoms with Gasteiger partial charge in [-0.3, -0.25) is 4.79 Å². The average Bonchev–Trinajstić information content (AvgIpc) is 2.72.